The highest BCUT2D eigenvalue weighted by atomic mass is 35.5. The monoisotopic (exact) mass is 427 g/mol. The number of ketones is 2. The number of rotatable bonds is 5. The molecule has 4 rings (SSSR count). The molecule has 3 aromatic carbocycles. The van der Waals surface area contributed by atoms with Gasteiger partial charge in [-0.15, -0.1) is 0 Å². The summed E-state index contributed by atoms with van der Waals surface area (Å²) < 4.78 is 0. The first-order valence-corrected chi connectivity index (χ1v) is 10.6. The van der Waals surface area contributed by atoms with E-state index in [4.69, 9.17) is 11.6 Å². The van der Waals surface area contributed by atoms with Gasteiger partial charge in [0, 0.05) is 39.0 Å². The van der Waals surface area contributed by atoms with Gasteiger partial charge in [0.05, 0.1) is 5.92 Å². The lowest BCUT2D eigenvalue weighted by molar-refractivity contribution is 0.0938. The van der Waals surface area contributed by atoms with E-state index in [0.717, 1.165) is 5.56 Å². The predicted molar refractivity (Wildman–Crippen MR) is 125 cm³/mol. The molecule has 1 aliphatic heterocycles. The molecule has 2 atom stereocenters. The smallest absolute Gasteiger partial charge is 0.191 e. The summed E-state index contributed by atoms with van der Waals surface area (Å²) in [5.74, 6) is -1.18. The lowest BCUT2D eigenvalue weighted by atomic mass is 9.71. The topological polar surface area (TPSA) is 46.5 Å². The van der Waals surface area contributed by atoms with Crippen molar-refractivity contribution in [3.05, 3.63) is 118 Å². The second-order valence-corrected chi connectivity index (χ2v) is 8.12. The van der Waals surface area contributed by atoms with Gasteiger partial charge >= 0.3 is 0 Å². The minimum absolute atomic E-state index is 0.0485. The molecule has 0 aliphatic carbocycles. The quantitative estimate of drug-likeness (QED) is 0.433. The molecule has 0 bridgehead atoms. The summed E-state index contributed by atoms with van der Waals surface area (Å²) >= 11 is 6.13. The molecule has 0 aromatic heterocycles. The maximum Gasteiger partial charge on any atom is 0.191 e. The standard InChI is InChI=1S/C27H22ClNO2/c1-17-23(26(30)20-9-5-3-6-10-20)25(19-13-15-22(28)16-14-19)24(18(2)29-17)27(31)21-11-7-4-8-12-21/h3-16,23,25H,1-2H3. The SMILES string of the molecule is CC1=NC(C)=C(C(=O)c2ccccc2)C(c2ccc(Cl)cc2)C1C(=O)c1ccccc1. The number of carbonyl (C=O) groups excluding carboxylic acids is 2. The molecule has 0 radical (unpaired) electrons. The Kier molecular flexibility index (Phi) is 5.97. The first-order valence-electron chi connectivity index (χ1n) is 10.2. The predicted octanol–water partition coefficient (Wildman–Crippen LogP) is 6.55. The van der Waals surface area contributed by atoms with Crippen molar-refractivity contribution in [2.75, 3.05) is 0 Å². The third-order valence-electron chi connectivity index (χ3n) is 5.68. The van der Waals surface area contributed by atoms with Gasteiger partial charge in [0.25, 0.3) is 0 Å². The molecule has 154 valence electrons. The maximum absolute atomic E-state index is 13.6. The Morgan fingerprint density at radius 2 is 1.32 bits per heavy atom. The summed E-state index contributed by atoms with van der Waals surface area (Å²) in [5.41, 5.74) is 3.95. The van der Waals surface area contributed by atoms with E-state index in [2.05, 4.69) is 4.99 Å². The van der Waals surface area contributed by atoms with Crippen LogP contribution in [0.25, 0.3) is 0 Å². The summed E-state index contributed by atoms with van der Waals surface area (Å²) in [6.45, 7) is 3.70. The average Bonchev–Trinajstić information content (AvgIpc) is 2.79. The van der Waals surface area contributed by atoms with Crippen LogP contribution in [0.3, 0.4) is 0 Å². The Morgan fingerprint density at radius 3 is 1.90 bits per heavy atom. The summed E-state index contributed by atoms with van der Waals surface area (Å²) in [6, 6.07) is 25.7. The zero-order valence-corrected chi connectivity index (χ0v) is 18.1. The number of allylic oxidation sites excluding steroid dienone is 2. The van der Waals surface area contributed by atoms with Crippen LogP contribution in [0, 0.1) is 5.92 Å². The second-order valence-electron chi connectivity index (χ2n) is 7.68. The lowest BCUT2D eigenvalue weighted by Gasteiger charge is -2.33. The van der Waals surface area contributed by atoms with E-state index in [1.54, 1.807) is 36.4 Å². The van der Waals surface area contributed by atoms with Crippen molar-refractivity contribution in [1.29, 1.82) is 0 Å². The fourth-order valence-corrected chi connectivity index (χ4v) is 4.36. The first kappa shape index (κ1) is 21.0. The largest absolute Gasteiger partial charge is 0.293 e. The molecular weight excluding hydrogens is 406 g/mol. The van der Waals surface area contributed by atoms with E-state index in [0.29, 0.717) is 33.1 Å². The second kappa shape index (κ2) is 8.83. The van der Waals surface area contributed by atoms with Crippen LogP contribution < -0.4 is 0 Å². The highest BCUT2D eigenvalue weighted by molar-refractivity contribution is 6.30. The van der Waals surface area contributed by atoms with Crippen molar-refractivity contribution in [2.24, 2.45) is 10.9 Å². The van der Waals surface area contributed by atoms with Crippen LogP contribution in [0.4, 0.5) is 0 Å². The van der Waals surface area contributed by atoms with Crippen LogP contribution >= 0.6 is 11.6 Å². The van der Waals surface area contributed by atoms with Gasteiger partial charge in [-0.1, -0.05) is 84.4 Å². The van der Waals surface area contributed by atoms with Crippen LogP contribution in [0.5, 0.6) is 0 Å². The zero-order valence-electron chi connectivity index (χ0n) is 17.4. The molecule has 1 aliphatic rings. The molecule has 0 saturated carbocycles. The fraction of sp³-hybridized carbons (Fsp3) is 0.148. The minimum atomic E-state index is -0.574. The fourth-order valence-electron chi connectivity index (χ4n) is 4.23. The number of hydrogen-bond acceptors (Lipinski definition) is 3. The molecule has 0 N–H and O–H groups in total. The van der Waals surface area contributed by atoms with E-state index in [9.17, 15) is 9.59 Å². The Morgan fingerprint density at radius 1 is 0.774 bits per heavy atom. The number of benzene rings is 3. The Hall–Kier alpha value is -3.30. The molecular formula is C27H22ClNO2. The first-order chi connectivity index (χ1) is 15.0. The van der Waals surface area contributed by atoms with E-state index >= 15 is 0 Å². The Labute approximate surface area is 187 Å². The van der Waals surface area contributed by atoms with Crippen molar-refractivity contribution in [2.45, 2.75) is 19.8 Å². The minimum Gasteiger partial charge on any atom is -0.293 e. The van der Waals surface area contributed by atoms with Gasteiger partial charge in [0.2, 0.25) is 0 Å². The Bertz CT molecular complexity index is 1180. The highest BCUT2D eigenvalue weighted by Gasteiger charge is 2.41. The van der Waals surface area contributed by atoms with Gasteiger partial charge in [-0.05, 0) is 31.5 Å². The number of hydrogen-bond donors (Lipinski definition) is 0. The van der Waals surface area contributed by atoms with Crippen LogP contribution in [0.2, 0.25) is 5.02 Å². The molecule has 0 fully saturated rings. The van der Waals surface area contributed by atoms with Crippen LogP contribution in [0.15, 0.2) is 101 Å². The summed E-state index contributed by atoms with van der Waals surface area (Å²) in [6.07, 6.45) is 0. The van der Waals surface area contributed by atoms with Gasteiger partial charge in [-0.25, -0.2) is 0 Å². The van der Waals surface area contributed by atoms with Crippen molar-refractivity contribution < 1.29 is 9.59 Å². The van der Waals surface area contributed by atoms with Crippen molar-refractivity contribution in [3.63, 3.8) is 0 Å². The molecule has 0 amide bonds. The van der Waals surface area contributed by atoms with E-state index in [1.165, 1.54) is 0 Å². The normalized spacial score (nSPS) is 18.5. The Balaban J connectivity index is 1.89. The summed E-state index contributed by atoms with van der Waals surface area (Å²) in [4.78, 5) is 31.9. The van der Waals surface area contributed by atoms with E-state index in [-0.39, 0.29) is 11.6 Å². The van der Waals surface area contributed by atoms with Crippen molar-refractivity contribution >= 4 is 28.9 Å². The van der Waals surface area contributed by atoms with Crippen LogP contribution in [-0.2, 0) is 0 Å². The average molecular weight is 428 g/mol. The highest BCUT2D eigenvalue weighted by Crippen LogP contribution is 2.42. The van der Waals surface area contributed by atoms with Crippen LogP contribution in [-0.4, -0.2) is 17.3 Å². The van der Waals surface area contributed by atoms with Gasteiger partial charge in [-0.2, -0.15) is 0 Å². The molecule has 0 saturated heterocycles. The molecule has 4 heteroatoms. The van der Waals surface area contributed by atoms with Gasteiger partial charge in [0.15, 0.2) is 11.6 Å². The third-order valence-corrected chi connectivity index (χ3v) is 5.93. The lowest BCUT2D eigenvalue weighted by Crippen LogP contribution is -2.35. The number of carbonyl (C=O) groups is 2. The molecule has 0 spiro atoms. The molecule has 3 nitrogen and oxygen atoms in total. The van der Waals surface area contributed by atoms with Gasteiger partial charge < -0.3 is 0 Å². The maximum atomic E-state index is 13.6. The molecule has 31 heavy (non-hydrogen) atoms. The molecule has 3 aromatic rings. The number of Topliss-reactive ketones (excluding diaryl/α,β-unsaturated/α-hetero) is 2. The van der Waals surface area contributed by atoms with E-state index < -0.39 is 11.8 Å². The number of nitrogens with zero attached hydrogens (tertiary/aromatic N) is 1. The van der Waals surface area contributed by atoms with Gasteiger partial charge in [0.1, 0.15) is 0 Å². The third kappa shape index (κ3) is 4.14. The number of halogens is 1. The van der Waals surface area contributed by atoms with Crippen molar-refractivity contribution in [1.82, 2.24) is 0 Å². The molecule has 2 unspecified atom stereocenters. The zero-order chi connectivity index (χ0) is 22.0. The van der Waals surface area contributed by atoms with Crippen LogP contribution in [0.1, 0.15) is 46.0 Å². The molecule has 1 heterocycles. The summed E-state index contributed by atoms with van der Waals surface area (Å²) in [5, 5.41) is 0.604. The van der Waals surface area contributed by atoms with E-state index in [1.807, 2.05) is 62.4 Å². The van der Waals surface area contributed by atoms with Gasteiger partial charge in [-0.3, -0.25) is 14.6 Å². The summed E-state index contributed by atoms with van der Waals surface area (Å²) in [7, 11) is 0. The number of aliphatic imine (C=N–C) groups is 1. The van der Waals surface area contributed by atoms with Crippen molar-refractivity contribution in [3.8, 4) is 0 Å².